The molecule has 2 heterocycles. The molecule has 6 aromatic rings. The number of hydroxylamine groups is 1. The number of carbonyl (C=O) groups is 4. The van der Waals surface area contributed by atoms with Crippen LogP contribution in [0.25, 0.3) is 21.8 Å². The van der Waals surface area contributed by atoms with E-state index in [9.17, 15) is 19.2 Å². The smallest absolute Gasteiger partial charge is 0.333 e. The SMILES string of the molecule is C=CCN(C(=O)C1CCc2c(c3ccccc3n2CC(=O)OC(=O)Cn2c3c(c4ccccc42)CC(C(=O)N(OC)c2ccccc2)CC3)C1)c1ccccc1. The van der Waals surface area contributed by atoms with Gasteiger partial charge in [-0.05, 0) is 86.1 Å². The molecule has 10 heteroatoms. The Bertz CT molecular complexity index is 2450. The van der Waals surface area contributed by atoms with Crippen molar-refractivity contribution in [3.8, 4) is 0 Å². The van der Waals surface area contributed by atoms with Gasteiger partial charge in [0.15, 0.2) is 0 Å². The van der Waals surface area contributed by atoms with Gasteiger partial charge in [0.05, 0.1) is 12.8 Å². The molecule has 0 saturated heterocycles. The number of ether oxygens (including phenoxy) is 1. The Hall–Kier alpha value is -6.26. The van der Waals surface area contributed by atoms with Crippen molar-refractivity contribution in [2.75, 3.05) is 23.6 Å². The van der Waals surface area contributed by atoms with Crippen LogP contribution in [0.1, 0.15) is 35.4 Å². The van der Waals surface area contributed by atoms with E-state index in [1.54, 1.807) is 11.0 Å². The average molecular weight is 749 g/mol. The fourth-order valence-electron chi connectivity index (χ4n) is 8.77. The zero-order chi connectivity index (χ0) is 38.8. The van der Waals surface area contributed by atoms with Crippen molar-refractivity contribution in [1.29, 1.82) is 0 Å². The molecule has 0 radical (unpaired) electrons. The summed E-state index contributed by atoms with van der Waals surface area (Å²) in [6, 6.07) is 34.7. The van der Waals surface area contributed by atoms with Gasteiger partial charge in [-0.2, -0.15) is 5.06 Å². The highest BCUT2D eigenvalue weighted by molar-refractivity contribution is 5.97. The third-order valence-electron chi connectivity index (χ3n) is 11.3. The van der Waals surface area contributed by atoms with Crippen LogP contribution in [0, 0.1) is 11.8 Å². The molecule has 0 aliphatic heterocycles. The summed E-state index contributed by atoms with van der Waals surface area (Å²) in [7, 11) is 1.50. The van der Waals surface area contributed by atoms with Crippen molar-refractivity contribution in [3.63, 3.8) is 0 Å². The van der Waals surface area contributed by atoms with Crippen LogP contribution in [0.3, 0.4) is 0 Å². The highest BCUT2D eigenvalue weighted by Gasteiger charge is 2.35. The van der Waals surface area contributed by atoms with Crippen LogP contribution in [0.5, 0.6) is 0 Å². The molecule has 2 unspecified atom stereocenters. The Labute approximate surface area is 325 Å². The molecule has 284 valence electrons. The first kappa shape index (κ1) is 36.7. The Kier molecular flexibility index (Phi) is 10.4. The van der Waals surface area contributed by atoms with Gasteiger partial charge < -0.3 is 18.8 Å². The standard InChI is InChI=1S/C46H44N4O6/c1-3-26-47(33-14-6-4-7-15-33)45(53)31-22-24-41-37(27-31)35-18-10-12-20-39(35)48(41)29-43(51)56-44(52)30-49-40-21-13-11-19-36(40)38-28-32(23-25-42(38)49)46(54)50(55-2)34-16-8-5-9-17-34/h3-21,31-32H,1,22-30H2,2H3. The number of para-hydroxylation sites is 4. The number of nitrogens with zero attached hydrogens (tertiary/aromatic N) is 4. The molecule has 0 fully saturated rings. The highest BCUT2D eigenvalue weighted by Crippen LogP contribution is 2.37. The molecule has 2 aromatic heterocycles. The minimum Gasteiger partial charge on any atom is -0.390 e. The fourth-order valence-corrected chi connectivity index (χ4v) is 8.77. The molecule has 10 nitrogen and oxygen atoms in total. The third kappa shape index (κ3) is 6.92. The van der Waals surface area contributed by atoms with Gasteiger partial charge in [0, 0.05) is 57.3 Å². The highest BCUT2D eigenvalue weighted by atomic mass is 16.7. The molecule has 0 spiro atoms. The fraction of sp³-hybridized carbons (Fsp3) is 0.261. The zero-order valence-corrected chi connectivity index (χ0v) is 31.4. The minimum atomic E-state index is -0.648. The van der Waals surface area contributed by atoms with Crippen molar-refractivity contribution >= 4 is 56.9 Å². The second-order valence-electron chi connectivity index (χ2n) is 14.5. The lowest BCUT2D eigenvalue weighted by atomic mass is 9.85. The van der Waals surface area contributed by atoms with Crippen LogP contribution < -0.4 is 9.96 Å². The van der Waals surface area contributed by atoms with Crippen molar-refractivity contribution < 1.29 is 28.8 Å². The summed E-state index contributed by atoms with van der Waals surface area (Å²) in [6.07, 6.45) is 5.19. The van der Waals surface area contributed by atoms with Crippen LogP contribution in [0.15, 0.2) is 122 Å². The van der Waals surface area contributed by atoms with Crippen molar-refractivity contribution in [3.05, 3.63) is 144 Å². The summed E-state index contributed by atoms with van der Waals surface area (Å²) < 4.78 is 9.41. The summed E-state index contributed by atoms with van der Waals surface area (Å²) in [6.45, 7) is 4.03. The van der Waals surface area contributed by atoms with Gasteiger partial charge in [0.2, 0.25) is 5.91 Å². The first-order valence-corrected chi connectivity index (χ1v) is 19.2. The molecule has 2 atom stereocenters. The Morgan fingerprint density at radius 1 is 0.661 bits per heavy atom. The predicted octanol–water partition coefficient (Wildman–Crippen LogP) is 7.39. The molecule has 2 amide bonds. The second-order valence-corrected chi connectivity index (χ2v) is 14.5. The maximum atomic E-state index is 13.9. The lowest BCUT2D eigenvalue weighted by Gasteiger charge is -2.29. The van der Waals surface area contributed by atoms with E-state index in [0.717, 1.165) is 50.0 Å². The number of aromatic nitrogens is 2. The number of amides is 2. The van der Waals surface area contributed by atoms with Crippen LogP contribution in [-0.2, 0) is 67.5 Å². The average Bonchev–Trinajstić information content (AvgIpc) is 3.71. The van der Waals surface area contributed by atoms with Crippen molar-refractivity contribution in [2.24, 2.45) is 11.8 Å². The van der Waals surface area contributed by atoms with E-state index < -0.39 is 11.9 Å². The largest absolute Gasteiger partial charge is 0.390 e. The van der Waals surface area contributed by atoms with Gasteiger partial charge in [-0.25, -0.2) is 9.59 Å². The topological polar surface area (TPSA) is 103 Å². The lowest BCUT2D eigenvalue weighted by molar-refractivity contribution is -0.160. The summed E-state index contributed by atoms with van der Waals surface area (Å²) in [5.41, 5.74) is 7.26. The Morgan fingerprint density at radius 3 is 1.62 bits per heavy atom. The summed E-state index contributed by atoms with van der Waals surface area (Å²) in [5, 5.41) is 3.32. The molecule has 0 saturated carbocycles. The molecule has 2 aliphatic rings. The van der Waals surface area contributed by atoms with Gasteiger partial charge in [-0.3, -0.25) is 14.4 Å². The minimum absolute atomic E-state index is 0.0505. The van der Waals surface area contributed by atoms with Gasteiger partial charge in [-0.1, -0.05) is 78.9 Å². The first-order valence-electron chi connectivity index (χ1n) is 19.2. The van der Waals surface area contributed by atoms with Gasteiger partial charge in [0.25, 0.3) is 5.91 Å². The van der Waals surface area contributed by atoms with Gasteiger partial charge in [0.1, 0.15) is 13.1 Å². The normalized spacial score (nSPS) is 16.2. The van der Waals surface area contributed by atoms with E-state index in [0.29, 0.717) is 50.8 Å². The molecule has 56 heavy (non-hydrogen) atoms. The number of fused-ring (bicyclic) bond motifs is 6. The summed E-state index contributed by atoms with van der Waals surface area (Å²) >= 11 is 0. The summed E-state index contributed by atoms with van der Waals surface area (Å²) in [5.74, 6) is -1.89. The van der Waals surface area contributed by atoms with Crippen molar-refractivity contribution in [2.45, 2.75) is 51.6 Å². The van der Waals surface area contributed by atoms with Crippen LogP contribution in [0.4, 0.5) is 11.4 Å². The van der Waals surface area contributed by atoms with E-state index in [4.69, 9.17) is 9.57 Å². The van der Waals surface area contributed by atoms with E-state index in [2.05, 4.69) is 6.58 Å². The molecule has 4 aromatic carbocycles. The zero-order valence-electron chi connectivity index (χ0n) is 31.4. The second kappa shape index (κ2) is 15.8. The van der Waals surface area contributed by atoms with Crippen LogP contribution in [-0.4, -0.2) is 46.5 Å². The number of rotatable bonds is 11. The molecule has 8 rings (SSSR count). The number of hydrogen-bond acceptors (Lipinski definition) is 6. The Morgan fingerprint density at radius 2 is 1.12 bits per heavy atom. The number of hydrogen-bond donors (Lipinski definition) is 0. The molecule has 2 aliphatic carbocycles. The van der Waals surface area contributed by atoms with E-state index in [1.807, 2.05) is 118 Å². The first-order chi connectivity index (χ1) is 27.4. The molecule has 0 N–H and O–H groups in total. The molecular formula is C46H44N4O6. The maximum Gasteiger partial charge on any atom is 0.333 e. The quantitative estimate of drug-likeness (QED) is 0.0593. The number of carbonyl (C=O) groups excluding carboxylic acids is 4. The van der Waals surface area contributed by atoms with E-state index in [-0.39, 0.29) is 36.7 Å². The van der Waals surface area contributed by atoms with Crippen LogP contribution >= 0.6 is 0 Å². The predicted molar refractivity (Wildman–Crippen MR) is 216 cm³/mol. The number of esters is 2. The molecule has 0 bridgehead atoms. The van der Waals surface area contributed by atoms with Crippen LogP contribution in [0.2, 0.25) is 0 Å². The lowest BCUT2D eigenvalue weighted by Crippen LogP contribution is -2.38. The van der Waals surface area contributed by atoms with E-state index in [1.165, 1.54) is 12.2 Å². The molecular weight excluding hydrogens is 705 g/mol. The third-order valence-corrected chi connectivity index (χ3v) is 11.3. The number of anilines is 2. The summed E-state index contributed by atoms with van der Waals surface area (Å²) in [4.78, 5) is 62.0. The monoisotopic (exact) mass is 748 g/mol. The number of benzene rings is 4. The van der Waals surface area contributed by atoms with Gasteiger partial charge in [-0.15, -0.1) is 6.58 Å². The van der Waals surface area contributed by atoms with Gasteiger partial charge >= 0.3 is 11.9 Å². The van der Waals surface area contributed by atoms with Crippen molar-refractivity contribution in [1.82, 2.24) is 9.13 Å². The maximum absolute atomic E-state index is 13.9. The Balaban J connectivity index is 0.983. The van der Waals surface area contributed by atoms with E-state index >= 15 is 0 Å².